The van der Waals surface area contributed by atoms with Gasteiger partial charge >= 0.3 is 5.97 Å². The molecule has 0 radical (unpaired) electrons. The third-order valence-electron chi connectivity index (χ3n) is 3.75. The summed E-state index contributed by atoms with van der Waals surface area (Å²) in [6.45, 7) is 3.55. The molecule has 0 atom stereocenters. The number of likely N-dealkylation sites (tertiary alicyclic amines) is 1. The molecular formula is C18H21NO3. The first-order chi connectivity index (χ1) is 10.7. The lowest BCUT2D eigenvalue weighted by molar-refractivity contribution is -0.144. The third-order valence-corrected chi connectivity index (χ3v) is 3.75. The van der Waals surface area contributed by atoms with Crippen LogP contribution in [-0.4, -0.2) is 36.5 Å². The zero-order chi connectivity index (χ0) is 15.8. The summed E-state index contributed by atoms with van der Waals surface area (Å²) in [7, 11) is 0. The third kappa shape index (κ3) is 4.92. The van der Waals surface area contributed by atoms with Crippen LogP contribution in [0, 0.1) is 17.8 Å². The van der Waals surface area contributed by atoms with E-state index in [0.29, 0.717) is 32.0 Å². The number of carbonyl (C=O) groups is 2. The van der Waals surface area contributed by atoms with Gasteiger partial charge in [0.15, 0.2) is 0 Å². The number of benzene rings is 1. The number of carbonyl (C=O) groups excluding carboxylic acids is 2. The van der Waals surface area contributed by atoms with Gasteiger partial charge in [-0.3, -0.25) is 9.59 Å². The predicted molar refractivity (Wildman–Crippen MR) is 83.9 cm³/mol. The SMILES string of the molecule is CCOC(=O)CC1CCN(C(=O)C#Cc2ccccc2)CC1. The Labute approximate surface area is 131 Å². The highest BCUT2D eigenvalue weighted by Crippen LogP contribution is 2.20. The van der Waals surface area contributed by atoms with Gasteiger partial charge in [0.05, 0.1) is 6.61 Å². The molecule has 1 amide bonds. The van der Waals surface area contributed by atoms with Crippen molar-refractivity contribution in [3.8, 4) is 11.8 Å². The number of amides is 1. The number of hydrogen-bond acceptors (Lipinski definition) is 3. The summed E-state index contributed by atoms with van der Waals surface area (Å²) in [6.07, 6.45) is 2.11. The average Bonchev–Trinajstić information content (AvgIpc) is 2.54. The lowest BCUT2D eigenvalue weighted by atomic mass is 9.93. The standard InChI is InChI=1S/C18H21NO3/c1-2-22-18(21)14-16-10-12-19(13-11-16)17(20)9-8-15-6-4-3-5-7-15/h3-7,16H,2,10-14H2,1H3. The van der Waals surface area contributed by atoms with E-state index in [2.05, 4.69) is 11.8 Å². The minimum absolute atomic E-state index is 0.140. The van der Waals surface area contributed by atoms with E-state index in [4.69, 9.17) is 4.74 Å². The Morgan fingerprint density at radius 2 is 1.91 bits per heavy atom. The van der Waals surface area contributed by atoms with E-state index in [0.717, 1.165) is 18.4 Å². The molecule has 0 unspecified atom stereocenters. The van der Waals surface area contributed by atoms with Crippen molar-refractivity contribution in [1.29, 1.82) is 0 Å². The molecule has 0 aliphatic carbocycles. The number of hydrogen-bond donors (Lipinski definition) is 0. The summed E-state index contributed by atoms with van der Waals surface area (Å²) < 4.78 is 4.96. The Morgan fingerprint density at radius 1 is 1.23 bits per heavy atom. The van der Waals surface area contributed by atoms with Gasteiger partial charge in [0.25, 0.3) is 5.91 Å². The molecule has 1 saturated heterocycles. The van der Waals surface area contributed by atoms with Gasteiger partial charge in [-0.15, -0.1) is 0 Å². The van der Waals surface area contributed by atoms with E-state index in [1.807, 2.05) is 37.3 Å². The van der Waals surface area contributed by atoms with Crippen LogP contribution in [0.2, 0.25) is 0 Å². The van der Waals surface area contributed by atoms with Crippen LogP contribution in [0.25, 0.3) is 0 Å². The molecule has 1 aliphatic heterocycles. The normalized spacial score (nSPS) is 14.9. The second-order valence-electron chi connectivity index (χ2n) is 5.36. The summed E-state index contributed by atoms with van der Waals surface area (Å²) in [6, 6.07) is 9.48. The monoisotopic (exact) mass is 299 g/mol. The highest BCUT2D eigenvalue weighted by molar-refractivity contribution is 5.94. The number of nitrogens with zero attached hydrogens (tertiary/aromatic N) is 1. The van der Waals surface area contributed by atoms with E-state index in [1.54, 1.807) is 4.90 Å². The van der Waals surface area contributed by atoms with Crippen molar-refractivity contribution < 1.29 is 14.3 Å². The first-order valence-electron chi connectivity index (χ1n) is 7.70. The molecule has 116 valence electrons. The molecule has 2 rings (SSSR count). The number of piperidine rings is 1. The Kier molecular flexibility index (Phi) is 6.02. The van der Waals surface area contributed by atoms with Gasteiger partial charge in [-0.2, -0.15) is 0 Å². The topological polar surface area (TPSA) is 46.6 Å². The maximum atomic E-state index is 12.1. The second kappa shape index (κ2) is 8.23. The summed E-state index contributed by atoms with van der Waals surface area (Å²) in [5, 5.41) is 0. The summed E-state index contributed by atoms with van der Waals surface area (Å²) >= 11 is 0. The van der Waals surface area contributed by atoms with Crippen LogP contribution in [0.15, 0.2) is 30.3 Å². The second-order valence-corrected chi connectivity index (χ2v) is 5.36. The van der Waals surface area contributed by atoms with Crippen molar-refractivity contribution in [3.05, 3.63) is 35.9 Å². The van der Waals surface area contributed by atoms with Crippen LogP contribution in [0.4, 0.5) is 0 Å². The minimum Gasteiger partial charge on any atom is -0.466 e. The van der Waals surface area contributed by atoms with Crippen molar-refractivity contribution in [2.24, 2.45) is 5.92 Å². The fourth-order valence-electron chi connectivity index (χ4n) is 2.52. The molecule has 1 heterocycles. The smallest absolute Gasteiger partial charge is 0.306 e. The van der Waals surface area contributed by atoms with Crippen molar-refractivity contribution in [2.75, 3.05) is 19.7 Å². The zero-order valence-corrected chi connectivity index (χ0v) is 12.9. The van der Waals surface area contributed by atoms with Gasteiger partial charge in [0.2, 0.25) is 0 Å². The number of esters is 1. The Morgan fingerprint density at radius 3 is 2.55 bits per heavy atom. The van der Waals surface area contributed by atoms with Gasteiger partial charge < -0.3 is 9.64 Å². The van der Waals surface area contributed by atoms with Crippen LogP contribution < -0.4 is 0 Å². The molecular weight excluding hydrogens is 278 g/mol. The molecule has 0 bridgehead atoms. The van der Waals surface area contributed by atoms with E-state index in [-0.39, 0.29) is 11.9 Å². The fourth-order valence-corrected chi connectivity index (χ4v) is 2.52. The molecule has 0 N–H and O–H groups in total. The molecule has 4 nitrogen and oxygen atoms in total. The molecule has 1 fully saturated rings. The highest BCUT2D eigenvalue weighted by Gasteiger charge is 2.24. The van der Waals surface area contributed by atoms with Gasteiger partial charge in [0, 0.05) is 31.0 Å². The summed E-state index contributed by atoms with van der Waals surface area (Å²) in [5.74, 6) is 5.60. The lowest BCUT2D eigenvalue weighted by Gasteiger charge is -2.30. The summed E-state index contributed by atoms with van der Waals surface area (Å²) in [5.41, 5.74) is 0.841. The Hall–Kier alpha value is -2.28. The zero-order valence-electron chi connectivity index (χ0n) is 12.9. The van der Waals surface area contributed by atoms with Crippen molar-refractivity contribution in [1.82, 2.24) is 4.90 Å². The minimum atomic E-state index is -0.142. The fraction of sp³-hybridized carbons (Fsp3) is 0.444. The number of ether oxygens (including phenoxy) is 1. The first-order valence-corrected chi connectivity index (χ1v) is 7.70. The molecule has 0 spiro atoms. The van der Waals surface area contributed by atoms with Gasteiger partial charge in [-0.1, -0.05) is 24.1 Å². The Bertz CT molecular complexity index is 563. The molecule has 0 aromatic heterocycles. The van der Waals surface area contributed by atoms with E-state index >= 15 is 0 Å². The highest BCUT2D eigenvalue weighted by atomic mass is 16.5. The van der Waals surface area contributed by atoms with Crippen LogP contribution >= 0.6 is 0 Å². The van der Waals surface area contributed by atoms with Gasteiger partial charge in [-0.05, 0) is 37.8 Å². The van der Waals surface area contributed by atoms with E-state index in [9.17, 15) is 9.59 Å². The molecule has 1 aromatic carbocycles. The lowest BCUT2D eigenvalue weighted by Crippen LogP contribution is -2.38. The van der Waals surface area contributed by atoms with Crippen molar-refractivity contribution in [2.45, 2.75) is 26.2 Å². The van der Waals surface area contributed by atoms with Crippen LogP contribution in [-0.2, 0) is 14.3 Å². The van der Waals surface area contributed by atoms with Crippen molar-refractivity contribution in [3.63, 3.8) is 0 Å². The first kappa shape index (κ1) is 16.1. The molecule has 4 heteroatoms. The Balaban J connectivity index is 1.80. The molecule has 1 aromatic rings. The molecule has 0 saturated carbocycles. The van der Waals surface area contributed by atoms with Crippen LogP contribution in [0.3, 0.4) is 0 Å². The largest absolute Gasteiger partial charge is 0.466 e. The van der Waals surface area contributed by atoms with E-state index in [1.165, 1.54) is 0 Å². The van der Waals surface area contributed by atoms with Crippen molar-refractivity contribution >= 4 is 11.9 Å². The average molecular weight is 299 g/mol. The van der Waals surface area contributed by atoms with Crippen LogP contribution in [0.5, 0.6) is 0 Å². The van der Waals surface area contributed by atoms with Gasteiger partial charge in [0.1, 0.15) is 0 Å². The maximum absolute atomic E-state index is 12.1. The molecule has 1 aliphatic rings. The molecule has 22 heavy (non-hydrogen) atoms. The predicted octanol–water partition coefficient (Wildman–Crippen LogP) is 2.23. The maximum Gasteiger partial charge on any atom is 0.306 e. The number of rotatable bonds is 3. The van der Waals surface area contributed by atoms with Gasteiger partial charge in [-0.25, -0.2) is 0 Å². The summed E-state index contributed by atoms with van der Waals surface area (Å²) in [4.78, 5) is 25.3. The quantitative estimate of drug-likeness (QED) is 0.635. The van der Waals surface area contributed by atoms with E-state index < -0.39 is 0 Å². The van der Waals surface area contributed by atoms with Crippen LogP contribution in [0.1, 0.15) is 31.7 Å².